The number of hydrogen-bond acceptors (Lipinski definition) is 1. The zero-order valence-corrected chi connectivity index (χ0v) is 11.2. The predicted octanol–water partition coefficient (Wildman–Crippen LogP) is 4.15. The van der Waals surface area contributed by atoms with Crippen molar-refractivity contribution >= 4 is 39.3 Å². The molecule has 1 saturated heterocycles. The molecular weight excluding hydrogens is 299 g/mol. The van der Waals surface area contributed by atoms with Gasteiger partial charge in [0.15, 0.2) is 0 Å². The minimum atomic E-state index is -0.254. The van der Waals surface area contributed by atoms with Crippen LogP contribution in [0.5, 0.6) is 0 Å². The molecule has 1 fully saturated rings. The highest BCUT2D eigenvalue weighted by atomic mass is 79.9. The van der Waals surface area contributed by atoms with Crippen LogP contribution in [0.15, 0.2) is 18.2 Å². The molecule has 0 N–H and O–H groups in total. The van der Waals surface area contributed by atoms with Gasteiger partial charge in [0.05, 0.1) is 5.02 Å². The van der Waals surface area contributed by atoms with Crippen molar-refractivity contribution < 1.29 is 4.39 Å². The van der Waals surface area contributed by atoms with Gasteiger partial charge in [0.25, 0.3) is 0 Å². The molecule has 0 aromatic heterocycles. The van der Waals surface area contributed by atoms with Crippen molar-refractivity contribution in [3.05, 3.63) is 34.6 Å². The van der Waals surface area contributed by atoms with Crippen molar-refractivity contribution in [1.82, 2.24) is 0 Å². The molecule has 1 aromatic rings. The molecule has 0 radical (unpaired) electrons. The zero-order valence-electron chi connectivity index (χ0n) is 8.05. The summed E-state index contributed by atoms with van der Waals surface area (Å²) in [5.41, 5.74) is 0.736. The highest BCUT2D eigenvalue weighted by Gasteiger charge is 2.26. The average molecular weight is 310 g/mol. The lowest BCUT2D eigenvalue weighted by molar-refractivity contribution is 0.563. The first kappa shape index (κ1) is 11.7. The Hall–Kier alpha value is 0.270. The van der Waals surface area contributed by atoms with Crippen molar-refractivity contribution in [2.75, 3.05) is 11.5 Å². The fourth-order valence-electron chi connectivity index (χ4n) is 1.75. The maximum Gasteiger partial charge on any atom is 0.144 e. The molecule has 0 bridgehead atoms. The van der Waals surface area contributed by atoms with Crippen LogP contribution < -0.4 is 0 Å². The monoisotopic (exact) mass is 308 g/mol. The van der Waals surface area contributed by atoms with Crippen LogP contribution in [-0.4, -0.2) is 16.3 Å². The maximum atomic E-state index is 13.6. The number of halogens is 3. The highest BCUT2D eigenvalue weighted by molar-refractivity contribution is 9.09. The van der Waals surface area contributed by atoms with Crippen molar-refractivity contribution in [3.8, 4) is 0 Å². The molecule has 4 heteroatoms. The summed E-state index contributed by atoms with van der Waals surface area (Å²) in [6.07, 6.45) is 0.773. The summed E-state index contributed by atoms with van der Waals surface area (Å²) >= 11 is 11.3. The largest absolute Gasteiger partial charge is 0.205 e. The van der Waals surface area contributed by atoms with E-state index >= 15 is 0 Å². The van der Waals surface area contributed by atoms with Gasteiger partial charge >= 0.3 is 0 Å². The second-order valence-corrected chi connectivity index (χ2v) is 6.39. The third-order valence-electron chi connectivity index (χ3n) is 2.63. The van der Waals surface area contributed by atoms with Gasteiger partial charge in [-0.15, -0.1) is 0 Å². The van der Waals surface area contributed by atoms with Gasteiger partial charge in [-0.3, -0.25) is 0 Å². The molecule has 2 unspecified atom stereocenters. The molecule has 1 heterocycles. The molecule has 82 valence electrons. The Kier molecular flexibility index (Phi) is 3.97. The van der Waals surface area contributed by atoms with Gasteiger partial charge < -0.3 is 0 Å². The second-order valence-electron chi connectivity index (χ2n) is 3.73. The molecule has 0 aliphatic carbocycles. The standard InChI is InChI=1S/C11H11BrClFS/c12-9-6-15-5-8(9)4-7-2-1-3-10(13)11(7)14/h1-3,8-9H,4-6H2. The van der Waals surface area contributed by atoms with Gasteiger partial charge in [0.2, 0.25) is 0 Å². The summed E-state index contributed by atoms with van der Waals surface area (Å²) < 4.78 is 13.6. The summed E-state index contributed by atoms with van der Waals surface area (Å²) in [4.78, 5) is 0.501. The Bertz CT molecular complexity index is 358. The van der Waals surface area contributed by atoms with Crippen LogP contribution >= 0.6 is 39.3 Å². The van der Waals surface area contributed by atoms with E-state index in [9.17, 15) is 4.39 Å². The van der Waals surface area contributed by atoms with E-state index in [4.69, 9.17) is 11.6 Å². The van der Waals surface area contributed by atoms with Crippen LogP contribution in [0.25, 0.3) is 0 Å². The van der Waals surface area contributed by atoms with E-state index in [1.54, 1.807) is 6.07 Å². The number of alkyl halides is 1. The summed E-state index contributed by atoms with van der Waals surface area (Å²) in [7, 11) is 0. The third kappa shape index (κ3) is 2.69. The van der Waals surface area contributed by atoms with Crippen LogP contribution in [0.1, 0.15) is 5.56 Å². The zero-order chi connectivity index (χ0) is 10.8. The van der Waals surface area contributed by atoms with Crippen molar-refractivity contribution in [1.29, 1.82) is 0 Å². The minimum absolute atomic E-state index is 0.226. The molecule has 2 atom stereocenters. The quantitative estimate of drug-likeness (QED) is 0.740. The first-order chi connectivity index (χ1) is 7.18. The topological polar surface area (TPSA) is 0 Å². The van der Waals surface area contributed by atoms with Gasteiger partial charge in [-0.25, -0.2) is 4.39 Å². The Morgan fingerprint density at radius 1 is 1.47 bits per heavy atom. The van der Waals surface area contributed by atoms with Gasteiger partial charge in [0, 0.05) is 10.6 Å². The molecule has 1 aliphatic heterocycles. The van der Waals surface area contributed by atoms with E-state index in [1.165, 1.54) is 0 Å². The van der Waals surface area contributed by atoms with Crippen molar-refractivity contribution in [3.63, 3.8) is 0 Å². The molecule has 2 rings (SSSR count). The summed E-state index contributed by atoms with van der Waals surface area (Å²) in [5, 5.41) is 0.226. The lowest BCUT2D eigenvalue weighted by Crippen LogP contribution is -2.15. The average Bonchev–Trinajstić information content (AvgIpc) is 2.60. The number of hydrogen-bond donors (Lipinski definition) is 0. The van der Waals surface area contributed by atoms with Gasteiger partial charge in [-0.2, -0.15) is 11.8 Å². The molecular formula is C11H11BrClFS. The Balaban J connectivity index is 2.13. The smallest absolute Gasteiger partial charge is 0.144 e. The van der Waals surface area contributed by atoms with E-state index in [1.807, 2.05) is 23.9 Å². The van der Waals surface area contributed by atoms with Crippen molar-refractivity contribution in [2.45, 2.75) is 11.2 Å². The van der Waals surface area contributed by atoms with E-state index in [2.05, 4.69) is 15.9 Å². The minimum Gasteiger partial charge on any atom is -0.205 e. The van der Waals surface area contributed by atoms with E-state index < -0.39 is 0 Å². The second kappa shape index (κ2) is 5.07. The first-order valence-electron chi connectivity index (χ1n) is 4.83. The van der Waals surface area contributed by atoms with E-state index in [-0.39, 0.29) is 10.8 Å². The molecule has 1 aromatic carbocycles. The van der Waals surface area contributed by atoms with E-state index in [0.29, 0.717) is 10.7 Å². The number of rotatable bonds is 2. The van der Waals surface area contributed by atoms with Crippen molar-refractivity contribution in [2.24, 2.45) is 5.92 Å². The van der Waals surface area contributed by atoms with Crippen LogP contribution in [0.2, 0.25) is 5.02 Å². The highest BCUT2D eigenvalue weighted by Crippen LogP contribution is 2.33. The lowest BCUT2D eigenvalue weighted by atomic mass is 9.98. The molecule has 0 spiro atoms. The molecule has 0 amide bonds. The molecule has 0 nitrogen and oxygen atoms in total. The molecule has 0 saturated carbocycles. The van der Waals surface area contributed by atoms with Crippen LogP contribution in [-0.2, 0) is 6.42 Å². The Labute approximate surface area is 107 Å². The normalized spacial score (nSPS) is 25.8. The van der Waals surface area contributed by atoms with Gasteiger partial charge in [0.1, 0.15) is 5.82 Å². The summed E-state index contributed by atoms with van der Waals surface area (Å²) in [5.74, 6) is 2.48. The third-order valence-corrected chi connectivity index (χ3v) is 5.68. The van der Waals surface area contributed by atoms with Crippen LogP contribution in [0.3, 0.4) is 0 Å². The maximum absolute atomic E-state index is 13.6. The fourth-order valence-corrected chi connectivity index (χ4v) is 4.41. The Morgan fingerprint density at radius 2 is 2.27 bits per heavy atom. The van der Waals surface area contributed by atoms with Gasteiger partial charge in [-0.1, -0.05) is 39.7 Å². The van der Waals surface area contributed by atoms with Crippen LogP contribution in [0, 0.1) is 11.7 Å². The number of benzene rings is 1. The fraction of sp³-hybridized carbons (Fsp3) is 0.455. The first-order valence-corrected chi connectivity index (χ1v) is 7.28. The SMILES string of the molecule is Fc1c(Cl)cccc1CC1CSCC1Br. The predicted molar refractivity (Wildman–Crippen MR) is 68.6 cm³/mol. The lowest BCUT2D eigenvalue weighted by Gasteiger charge is -2.13. The Morgan fingerprint density at radius 3 is 2.93 bits per heavy atom. The summed E-state index contributed by atoms with van der Waals surface area (Å²) in [6.45, 7) is 0. The number of thioether (sulfide) groups is 1. The van der Waals surface area contributed by atoms with E-state index in [0.717, 1.165) is 23.5 Å². The van der Waals surface area contributed by atoms with Gasteiger partial charge in [-0.05, 0) is 29.7 Å². The van der Waals surface area contributed by atoms with Crippen LogP contribution in [0.4, 0.5) is 4.39 Å². The molecule has 15 heavy (non-hydrogen) atoms. The molecule has 1 aliphatic rings. The summed E-state index contributed by atoms with van der Waals surface area (Å²) in [6, 6.07) is 5.23.